The smallest absolute Gasteiger partial charge is 0.147 e. The largest absolute Gasteiger partial charge is 0.357 e. The molecule has 2 aliphatic heterocycles. The third kappa shape index (κ3) is 4.94. The van der Waals surface area contributed by atoms with Gasteiger partial charge in [0.25, 0.3) is 0 Å². The molecule has 0 bridgehead atoms. The van der Waals surface area contributed by atoms with E-state index in [1.807, 2.05) is 0 Å². The van der Waals surface area contributed by atoms with Gasteiger partial charge >= 0.3 is 0 Å². The fourth-order valence-electron chi connectivity index (χ4n) is 1.99. The van der Waals surface area contributed by atoms with Crippen LogP contribution in [-0.4, -0.2) is 44.6 Å². The number of likely N-dealkylation sites (tertiary alicyclic amines) is 2. The number of hydrogen-bond acceptors (Lipinski definition) is 6. The summed E-state index contributed by atoms with van der Waals surface area (Å²) in [5.41, 5.74) is 0. The van der Waals surface area contributed by atoms with E-state index in [0.29, 0.717) is 0 Å². The molecule has 0 N–H and O–H groups in total. The van der Waals surface area contributed by atoms with Crippen molar-refractivity contribution in [2.45, 2.75) is 25.7 Å². The Kier molecular flexibility index (Phi) is 7.32. The lowest BCUT2D eigenvalue weighted by molar-refractivity contribution is 0.539. The van der Waals surface area contributed by atoms with E-state index in [0.717, 1.165) is 34.8 Å². The summed E-state index contributed by atoms with van der Waals surface area (Å²) in [6, 6.07) is 0. The summed E-state index contributed by atoms with van der Waals surface area (Å²) in [4.78, 5) is 4.61. The molecule has 8 heteroatoms. The highest BCUT2D eigenvalue weighted by atomic mass is 33.7. The van der Waals surface area contributed by atoms with E-state index in [4.69, 9.17) is 24.4 Å². The zero-order chi connectivity index (χ0) is 12.8. The monoisotopic (exact) mass is 356 g/mol. The van der Waals surface area contributed by atoms with E-state index < -0.39 is 0 Å². The van der Waals surface area contributed by atoms with E-state index in [2.05, 4.69) is 9.80 Å². The second-order valence-corrected chi connectivity index (χ2v) is 11.2. The molecule has 0 amide bonds. The summed E-state index contributed by atoms with van der Waals surface area (Å²) in [5, 5.41) is 0. The first-order valence-corrected chi connectivity index (χ1v) is 11.7. The third-order valence-corrected chi connectivity index (χ3v) is 10.4. The molecule has 0 aromatic rings. The molecular formula is C10H16N2S6. The average molecular weight is 357 g/mol. The number of rotatable bonds is 3. The summed E-state index contributed by atoms with van der Waals surface area (Å²) in [6.45, 7) is 4.54. The lowest BCUT2D eigenvalue weighted by Gasteiger charge is -2.18. The molecule has 0 saturated carbocycles. The second-order valence-electron chi connectivity index (χ2n) is 4.22. The van der Waals surface area contributed by atoms with Crippen LogP contribution in [0.25, 0.3) is 0 Å². The van der Waals surface area contributed by atoms with Gasteiger partial charge in [-0.05, 0) is 66.9 Å². The Balaban J connectivity index is 1.55. The topological polar surface area (TPSA) is 6.48 Å². The molecule has 2 heterocycles. The van der Waals surface area contributed by atoms with Gasteiger partial charge in [-0.15, -0.1) is 0 Å². The highest BCUT2D eigenvalue weighted by Crippen LogP contribution is 2.45. The summed E-state index contributed by atoms with van der Waals surface area (Å²) in [5.74, 6) is 0. The average Bonchev–Trinajstić information content (AvgIpc) is 3.05. The van der Waals surface area contributed by atoms with Gasteiger partial charge in [0.2, 0.25) is 0 Å². The summed E-state index contributed by atoms with van der Waals surface area (Å²) >= 11 is 10.8. The van der Waals surface area contributed by atoms with Crippen molar-refractivity contribution in [3.63, 3.8) is 0 Å². The van der Waals surface area contributed by atoms with Crippen LogP contribution >= 0.6 is 65.7 Å². The third-order valence-electron chi connectivity index (χ3n) is 2.97. The van der Waals surface area contributed by atoms with Crippen molar-refractivity contribution in [3.8, 4) is 0 Å². The van der Waals surface area contributed by atoms with Crippen LogP contribution in [0.5, 0.6) is 0 Å². The summed E-state index contributed by atoms with van der Waals surface area (Å²) < 4.78 is 2.05. The Morgan fingerprint density at radius 3 is 1.33 bits per heavy atom. The SMILES string of the molecule is S=C(SSSSC(=S)N1CCCC1)N1CCCC1. The number of nitrogens with zero attached hydrogens (tertiary/aromatic N) is 2. The van der Waals surface area contributed by atoms with E-state index in [1.54, 1.807) is 41.2 Å². The van der Waals surface area contributed by atoms with Gasteiger partial charge < -0.3 is 9.80 Å². The van der Waals surface area contributed by atoms with Crippen molar-refractivity contribution in [1.29, 1.82) is 0 Å². The molecule has 102 valence electrons. The van der Waals surface area contributed by atoms with Crippen molar-refractivity contribution in [2.75, 3.05) is 26.2 Å². The lowest BCUT2D eigenvalue weighted by atomic mass is 10.4. The molecule has 2 aliphatic rings. The predicted octanol–water partition coefficient (Wildman–Crippen LogP) is 4.43. The molecular weight excluding hydrogens is 341 g/mol. The zero-order valence-electron chi connectivity index (χ0n) is 10.0. The summed E-state index contributed by atoms with van der Waals surface area (Å²) in [6.07, 6.45) is 5.14. The van der Waals surface area contributed by atoms with Gasteiger partial charge in [0, 0.05) is 26.2 Å². The maximum Gasteiger partial charge on any atom is 0.147 e. The van der Waals surface area contributed by atoms with Gasteiger partial charge in [-0.25, -0.2) is 0 Å². The molecule has 0 unspecified atom stereocenters. The molecule has 0 aliphatic carbocycles. The van der Waals surface area contributed by atoms with Crippen molar-refractivity contribution >= 4 is 74.3 Å². The minimum absolute atomic E-state index is 1.03. The van der Waals surface area contributed by atoms with E-state index in [9.17, 15) is 0 Å². The van der Waals surface area contributed by atoms with Gasteiger partial charge in [0.05, 0.1) is 0 Å². The number of thiocarbonyl (C=S) groups is 2. The predicted molar refractivity (Wildman–Crippen MR) is 97.2 cm³/mol. The Morgan fingerprint density at radius 1 is 0.667 bits per heavy atom. The fraction of sp³-hybridized carbons (Fsp3) is 0.800. The first-order chi connectivity index (χ1) is 8.77. The van der Waals surface area contributed by atoms with Crippen molar-refractivity contribution in [1.82, 2.24) is 9.80 Å². The first-order valence-electron chi connectivity index (χ1n) is 6.03. The van der Waals surface area contributed by atoms with Gasteiger partial charge in [-0.2, -0.15) is 0 Å². The minimum atomic E-state index is 1.03. The standard InChI is InChI=1S/C10H16N2S6/c13-9(11-5-1-2-6-11)15-17-18-16-10(14)12-7-3-4-8-12/h1-8H2. The van der Waals surface area contributed by atoms with Gasteiger partial charge in [0.15, 0.2) is 0 Å². The molecule has 2 saturated heterocycles. The van der Waals surface area contributed by atoms with E-state index in [-0.39, 0.29) is 0 Å². The number of hydrogen-bond donors (Lipinski definition) is 0. The molecule has 0 aromatic heterocycles. The van der Waals surface area contributed by atoms with Crippen molar-refractivity contribution < 1.29 is 0 Å². The molecule has 2 fully saturated rings. The van der Waals surface area contributed by atoms with Gasteiger partial charge in [-0.1, -0.05) is 24.4 Å². The Morgan fingerprint density at radius 2 is 1.00 bits per heavy atom. The Bertz CT molecular complexity index is 269. The highest BCUT2D eigenvalue weighted by molar-refractivity contribution is 9.29. The van der Waals surface area contributed by atoms with Crippen molar-refractivity contribution in [2.24, 2.45) is 0 Å². The van der Waals surface area contributed by atoms with Crippen LogP contribution in [0.3, 0.4) is 0 Å². The van der Waals surface area contributed by atoms with Crippen LogP contribution in [0.2, 0.25) is 0 Å². The molecule has 0 aromatic carbocycles. The van der Waals surface area contributed by atoms with Crippen LogP contribution in [0.15, 0.2) is 0 Å². The summed E-state index contributed by atoms with van der Waals surface area (Å²) in [7, 11) is 6.86. The molecule has 2 rings (SSSR count). The molecule has 2 nitrogen and oxygen atoms in total. The highest BCUT2D eigenvalue weighted by Gasteiger charge is 2.17. The maximum atomic E-state index is 5.40. The molecule has 0 radical (unpaired) electrons. The van der Waals surface area contributed by atoms with E-state index >= 15 is 0 Å². The van der Waals surface area contributed by atoms with Crippen LogP contribution in [-0.2, 0) is 0 Å². The van der Waals surface area contributed by atoms with Crippen LogP contribution < -0.4 is 0 Å². The minimum Gasteiger partial charge on any atom is -0.357 e. The Hall–Kier alpha value is 1.18. The van der Waals surface area contributed by atoms with Crippen LogP contribution in [0.1, 0.15) is 25.7 Å². The second kappa shape index (κ2) is 8.46. The maximum absolute atomic E-state index is 5.40. The molecule has 18 heavy (non-hydrogen) atoms. The fourth-order valence-corrected chi connectivity index (χ4v) is 8.80. The van der Waals surface area contributed by atoms with Gasteiger partial charge in [0.1, 0.15) is 8.64 Å². The quantitative estimate of drug-likeness (QED) is 0.411. The lowest BCUT2D eigenvalue weighted by Crippen LogP contribution is -2.22. The van der Waals surface area contributed by atoms with Gasteiger partial charge in [-0.3, -0.25) is 0 Å². The van der Waals surface area contributed by atoms with Crippen LogP contribution in [0, 0.1) is 0 Å². The zero-order valence-corrected chi connectivity index (χ0v) is 14.9. The Labute approximate surface area is 135 Å². The normalized spacial score (nSPS) is 19.6. The first kappa shape index (κ1) is 15.6. The van der Waals surface area contributed by atoms with Crippen LogP contribution in [0.4, 0.5) is 0 Å². The van der Waals surface area contributed by atoms with Crippen molar-refractivity contribution in [3.05, 3.63) is 0 Å². The molecule has 0 spiro atoms. The van der Waals surface area contributed by atoms with E-state index in [1.165, 1.54) is 25.7 Å². The molecule has 0 atom stereocenters.